The molecule has 4 nitrogen and oxygen atoms in total. The van der Waals surface area contributed by atoms with E-state index in [1.807, 2.05) is 13.2 Å². The molecule has 5 heteroatoms. The zero-order valence-corrected chi connectivity index (χ0v) is 12.7. The van der Waals surface area contributed by atoms with E-state index in [1.165, 1.54) is 17.8 Å². The van der Waals surface area contributed by atoms with Crippen LogP contribution in [0.1, 0.15) is 19.4 Å². The Bertz CT molecular complexity index is 715. The first-order valence-electron chi connectivity index (χ1n) is 6.15. The number of hydrogen-bond donors (Lipinski definition) is 0. The van der Waals surface area contributed by atoms with Gasteiger partial charge in [0.1, 0.15) is 16.1 Å². The van der Waals surface area contributed by atoms with Crippen LogP contribution < -0.4 is 10.4 Å². The fourth-order valence-electron chi connectivity index (χ4n) is 1.68. The Labute approximate surface area is 121 Å². The van der Waals surface area contributed by atoms with Crippen molar-refractivity contribution >= 4 is 28.7 Å². The molecule has 0 aliphatic rings. The minimum Gasteiger partial charge on any atom is -0.425 e. The van der Waals surface area contributed by atoms with Crippen molar-refractivity contribution in [1.82, 2.24) is 0 Å². The van der Waals surface area contributed by atoms with Crippen molar-refractivity contribution in [2.45, 2.75) is 25.5 Å². The number of carbonyl (C=O) groups is 1. The van der Waals surface area contributed by atoms with Crippen LogP contribution in [0.15, 0.2) is 33.5 Å². The third-order valence-corrected chi connectivity index (χ3v) is 4.32. The first kappa shape index (κ1) is 14.7. The van der Waals surface area contributed by atoms with Crippen molar-refractivity contribution in [1.29, 1.82) is 0 Å². The predicted molar refractivity (Wildman–Crippen MR) is 80.5 cm³/mol. The molecule has 0 fully saturated rings. The van der Waals surface area contributed by atoms with Gasteiger partial charge in [-0.1, -0.05) is 0 Å². The van der Waals surface area contributed by atoms with Gasteiger partial charge in [-0.3, -0.25) is 4.79 Å². The highest BCUT2D eigenvalue weighted by molar-refractivity contribution is 8.00. The molecule has 20 heavy (non-hydrogen) atoms. The van der Waals surface area contributed by atoms with E-state index in [1.54, 1.807) is 32.0 Å². The average molecular weight is 292 g/mol. The topological polar surface area (TPSA) is 56.5 Å². The third kappa shape index (κ3) is 2.88. The first-order chi connectivity index (χ1) is 9.33. The molecule has 0 aliphatic carbocycles. The van der Waals surface area contributed by atoms with E-state index in [2.05, 4.69) is 0 Å². The van der Waals surface area contributed by atoms with Crippen LogP contribution in [0.3, 0.4) is 0 Å². The van der Waals surface area contributed by atoms with E-state index in [9.17, 15) is 9.59 Å². The number of benzene rings is 1. The Balaban J connectivity index is 2.38. The van der Waals surface area contributed by atoms with Gasteiger partial charge in [0, 0.05) is 17.5 Å². The van der Waals surface area contributed by atoms with E-state index in [0.29, 0.717) is 11.3 Å². The van der Waals surface area contributed by atoms with Crippen molar-refractivity contribution in [3.63, 3.8) is 0 Å². The van der Waals surface area contributed by atoms with E-state index in [-0.39, 0.29) is 5.97 Å². The van der Waals surface area contributed by atoms with Crippen LogP contribution in [0.25, 0.3) is 11.0 Å². The number of hydrogen-bond acceptors (Lipinski definition) is 5. The largest absolute Gasteiger partial charge is 0.425 e. The zero-order valence-electron chi connectivity index (χ0n) is 11.9. The van der Waals surface area contributed by atoms with Crippen LogP contribution in [0.4, 0.5) is 0 Å². The average Bonchev–Trinajstić information content (AvgIpc) is 2.37. The van der Waals surface area contributed by atoms with E-state index in [4.69, 9.17) is 9.15 Å². The Hall–Kier alpha value is -1.75. The highest BCUT2D eigenvalue weighted by Crippen LogP contribution is 2.26. The van der Waals surface area contributed by atoms with Gasteiger partial charge in [-0.25, -0.2) is 4.79 Å². The molecule has 1 aromatic carbocycles. The number of rotatable bonds is 3. The van der Waals surface area contributed by atoms with Gasteiger partial charge in [0.05, 0.1) is 0 Å². The first-order valence-corrected chi connectivity index (χ1v) is 7.38. The fraction of sp³-hybridized carbons (Fsp3) is 0.333. The number of esters is 1. The summed E-state index contributed by atoms with van der Waals surface area (Å²) in [5, 5.41) is 0.827. The van der Waals surface area contributed by atoms with Gasteiger partial charge >= 0.3 is 11.6 Å². The van der Waals surface area contributed by atoms with Gasteiger partial charge in [-0.15, -0.1) is 11.8 Å². The Morgan fingerprint density at radius 1 is 1.30 bits per heavy atom. The van der Waals surface area contributed by atoms with E-state index >= 15 is 0 Å². The number of ether oxygens (including phenoxy) is 1. The molecular formula is C15H16O4S. The van der Waals surface area contributed by atoms with E-state index < -0.39 is 10.4 Å². The number of carbonyl (C=O) groups excluding carboxylic acids is 1. The molecule has 0 aliphatic heterocycles. The van der Waals surface area contributed by atoms with Gasteiger partial charge < -0.3 is 9.15 Å². The van der Waals surface area contributed by atoms with Crippen LogP contribution in [-0.2, 0) is 4.79 Å². The van der Waals surface area contributed by atoms with Crippen LogP contribution in [0, 0.1) is 6.92 Å². The summed E-state index contributed by atoms with van der Waals surface area (Å²) in [6, 6.07) is 6.48. The zero-order chi connectivity index (χ0) is 14.9. The standard InChI is InChI=1S/C15H16O4S/c1-9-7-13(16)19-12-8-10(5-6-11(9)12)18-14(17)15(2,3)20-4/h5-8H,1-4H3. The van der Waals surface area contributed by atoms with Gasteiger partial charge in [0.25, 0.3) is 0 Å². The minimum atomic E-state index is -0.623. The molecule has 0 saturated heterocycles. The molecule has 0 unspecified atom stereocenters. The third-order valence-electron chi connectivity index (χ3n) is 3.14. The summed E-state index contributed by atoms with van der Waals surface area (Å²) < 4.78 is 9.84. The van der Waals surface area contributed by atoms with Crippen molar-refractivity contribution in [3.05, 3.63) is 40.2 Å². The van der Waals surface area contributed by atoms with Crippen LogP contribution in [0.2, 0.25) is 0 Å². The molecule has 2 aromatic rings. The molecule has 2 rings (SSSR count). The molecule has 0 spiro atoms. The lowest BCUT2D eigenvalue weighted by molar-refractivity contribution is -0.136. The number of thioether (sulfide) groups is 1. The molecule has 0 N–H and O–H groups in total. The fourth-order valence-corrected chi connectivity index (χ4v) is 1.89. The lowest BCUT2D eigenvalue weighted by Crippen LogP contribution is -2.31. The second kappa shape index (κ2) is 5.32. The van der Waals surface area contributed by atoms with Gasteiger partial charge in [-0.2, -0.15) is 0 Å². The van der Waals surface area contributed by atoms with Crippen molar-refractivity contribution < 1.29 is 13.9 Å². The molecular weight excluding hydrogens is 276 g/mol. The summed E-state index contributed by atoms with van der Waals surface area (Å²) in [5.41, 5.74) is 0.837. The lowest BCUT2D eigenvalue weighted by atomic mass is 10.1. The monoisotopic (exact) mass is 292 g/mol. The lowest BCUT2D eigenvalue weighted by Gasteiger charge is -2.19. The summed E-state index contributed by atoms with van der Waals surface area (Å²) >= 11 is 1.41. The highest BCUT2D eigenvalue weighted by atomic mass is 32.2. The van der Waals surface area contributed by atoms with Gasteiger partial charge in [0.2, 0.25) is 0 Å². The van der Waals surface area contributed by atoms with E-state index in [0.717, 1.165) is 10.9 Å². The van der Waals surface area contributed by atoms with Crippen LogP contribution >= 0.6 is 11.8 Å². The molecule has 0 amide bonds. The minimum absolute atomic E-state index is 0.334. The molecule has 0 saturated carbocycles. The maximum atomic E-state index is 12.0. The van der Waals surface area contributed by atoms with Crippen molar-refractivity contribution in [2.75, 3.05) is 6.26 Å². The van der Waals surface area contributed by atoms with Crippen molar-refractivity contribution in [3.8, 4) is 5.75 Å². The number of fused-ring (bicyclic) bond motifs is 1. The predicted octanol–water partition coefficient (Wildman–Crippen LogP) is 3.15. The Morgan fingerprint density at radius 3 is 2.65 bits per heavy atom. The van der Waals surface area contributed by atoms with Gasteiger partial charge in [0.15, 0.2) is 0 Å². The summed E-state index contributed by atoms with van der Waals surface area (Å²) in [6.45, 7) is 5.43. The SMILES string of the molecule is CSC(C)(C)C(=O)Oc1ccc2c(C)cc(=O)oc2c1. The Kier molecular flexibility index (Phi) is 3.90. The summed E-state index contributed by atoms with van der Waals surface area (Å²) in [7, 11) is 0. The molecule has 0 radical (unpaired) electrons. The second-order valence-corrected chi connectivity index (χ2v) is 6.44. The van der Waals surface area contributed by atoms with Gasteiger partial charge in [-0.05, 0) is 44.7 Å². The molecule has 0 bridgehead atoms. The molecule has 1 aromatic heterocycles. The normalized spacial score (nSPS) is 11.6. The second-order valence-electron chi connectivity index (χ2n) is 5.01. The molecule has 1 heterocycles. The maximum absolute atomic E-state index is 12.0. The number of aryl methyl sites for hydroxylation is 1. The molecule has 106 valence electrons. The molecule has 0 atom stereocenters. The van der Waals surface area contributed by atoms with Crippen molar-refractivity contribution in [2.24, 2.45) is 0 Å². The highest BCUT2D eigenvalue weighted by Gasteiger charge is 2.28. The smallest absolute Gasteiger partial charge is 0.336 e. The quantitative estimate of drug-likeness (QED) is 0.494. The summed E-state index contributed by atoms with van der Waals surface area (Å²) in [6.07, 6.45) is 1.85. The maximum Gasteiger partial charge on any atom is 0.336 e. The summed E-state index contributed by atoms with van der Waals surface area (Å²) in [5.74, 6) is 0.0396. The summed E-state index contributed by atoms with van der Waals surface area (Å²) in [4.78, 5) is 23.4. The van der Waals surface area contributed by atoms with Crippen LogP contribution in [0.5, 0.6) is 5.75 Å². The van der Waals surface area contributed by atoms with Crippen LogP contribution in [-0.4, -0.2) is 17.0 Å². The Morgan fingerprint density at radius 2 is 2.00 bits per heavy atom.